The van der Waals surface area contributed by atoms with Crippen LogP contribution in [0.3, 0.4) is 0 Å². The van der Waals surface area contributed by atoms with Crippen LogP contribution < -0.4 is 4.90 Å². The Hall–Kier alpha value is -2.92. The highest BCUT2D eigenvalue weighted by Gasteiger charge is 2.57. The summed E-state index contributed by atoms with van der Waals surface area (Å²) in [5.74, 6) is -0.837. The van der Waals surface area contributed by atoms with Crippen molar-refractivity contribution in [3.63, 3.8) is 0 Å². The minimum Gasteiger partial charge on any atom is -0.443 e. The highest BCUT2D eigenvalue weighted by atomic mass is 16.6. The Morgan fingerprint density at radius 1 is 1.10 bits per heavy atom. The van der Waals surface area contributed by atoms with Gasteiger partial charge in [-0.05, 0) is 24.5 Å². The van der Waals surface area contributed by atoms with Gasteiger partial charge in [-0.3, -0.25) is 9.59 Å². The van der Waals surface area contributed by atoms with Crippen molar-refractivity contribution in [3.8, 4) is 0 Å². The lowest BCUT2D eigenvalue weighted by Gasteiger charge is -2.35. The summed E-state index contributed by atoms with van der Waals surface area (Å²) >= 11 is 0. The van der Waals surface area contributed by atoms with Gasteiger partial charge in [-0.1, -0.05) is 60.7 Å². The zero-order valence-electron chi connectivity index (χ0n) is 16.5. The third kappa shape index (κ3) is 3.58. The maximum Gasteiger partial charge on any atom is 0.307 e. The number of anilines is 1. The van der Waals surface area contributed by atoms with E-state index in [0.29, 0.717) is 26.1 Å². The number of nitrogens with zero attached hydrogens (tertiary/aromatic N) is 1. The molecule has 2 atom stereocenters. The summed E-state index contributed by atoms with van der Waals surface area (Å²) in [6.45, 7) is 0.969. The highest BCUT2D eigenvalue weighted by molar-refractivity contribution is 6.08. The fourth-order valence-corrected chi connectivity index (χ4v) is 4.19. The smallest absolute Gasteiger partial charge is 0.307 e. The first-order valence-corrected chi connectivity index (χ1v) is 10.0. The van der Waals surface area contributed by atoms with Crippen LogP contribution in [0.2, 0.25) is 0 Å². The molecule has 150 valence electrons. The van der Waals surface area contributed by atoms with E-state index in [4.69, 9.17) is 9.47 Å². The maximum absolute atomic E-state index is 13.4. The van der Waals surface area contributed by atoms with Crippen molar-refractivity contribution in [2.75, 3.05) is 18.6 Å². The first-order chi connectivity index (χ1) is 14.1. The van der Waals surface area contributed by atoms with Gasteiger partial charge in [0.05, 0.1) is 12.3 Å². The largest absolute Gasteiger partial charge is 0.443 e. The lowest BCUT2D eigenvalue weighted by molar-refractivity contribution is -0.173. The second kappa shape index (κ2) is 8.21. The summed E-state index contributed by atoms with van der Waals surface area (Å²) < 4.78 is 11.8. The van der Waals surface area contributed by atoms with Crippen molar-refractivity contribution in [3.05, 3.63) is 77.9 Å². The predicted molar refractivity (Wildman–Crippen MR) is 110 cm³/mol. The molecule has 5 heteroatoms. The van der Waals surface area contributed by atoms with Gasteiger partial charge in [0.25, 0.3) is 5.91 Å². The number of carbonyl (C=O) groups is 2. The van der Waals surface area contributed by atoms with Crippen LogP contribution in [0.5, 0.6) is 0 Å². The Labute approximate surface area is 170 Å². The second-order valence-electron chi connectivity index (χ2n) is 7.49. The normalized spacial score (nSPS) is 24.7. The van der Waals surface area contributed by atoms with E-state index >= 15 is 0 Å². The van der Waals surface area contributed by atoms with Crippen LogP contribution in [0.25, 0.3) is 0 Å². The number of amides is 1. The van der Waals surface area contributed by atoms with Crippen LogP contribution in [0.4, 0.5) is 5.69 Å². The number of ether oxygens (including phenoxy) is 2. The van der Waals surface area contributed by atoms with Gasteiger partial charge in [-0.25, -0.2) is 0 Å². The number of hydrogen-bond donors (Lipinski definition) is 0. The molecule has 2 aliphatic heterocycles. The molecule has 1 spiro atoms. The van der Waals surface area contributed by atoms with E-state index in [2.05, 4.69) is 0 Å². The zero-order chi connectivity index (χ0) is 20.3. The molecule has 0 aromatic heterocycles. The average Bonchev–Trinajstić information content (AvgIpc) is 2.95. The van der Waals surface area contributed by atoms with E-state index in [-0.39, 0.29) is 24.2 Å². The van der Waals surface area contributed by atoms with Gasteiger partial charge in [-0.15, -0.1) is 0 Å². The number of rotatable bonds is 5. The van der Waals surface area contributed by atoms with Crippen molar-refractivity contribution < 1.29 is 19.1 Å². The Morgan fingerprint density at radius 2 is 1.86 bits per heavy atom. The Morgan fingerprint density at radius 3 is 2.69 bits per heavy atom. The Kier molecular flexibility index (Phi) is 5.49. The molecule has 0 unspecified atom stereocenters. The third-order valence-electron chi connectivity index (χ3n) is 5.65. The van der Waals surface area contributed by atoms with E-state index < -0.39 is 5.60 Å². The molecule has 0 N–H and O–H groups in total. The molecule has 2 aromatic carbocycles. The van der Waals surface area contributed by atoms with E-state index in [1.54, 1.807) is 11.9 Å². The minimum atomic E-state index is -1.32. The number of para-hydroxylation sites is 1. The van der Waals surface area contributed by atoms with Gasteiger partial charge in [0.2, 0.25) is 5.60 Å². The Balaban J connectivity index is 1.60. The van der Waals surface area contributed by atoms with Gasteiger partial charge in [0.15, 0.2) is 0 Å². The molecule has 0 radical (unpaired) electrons. The number of likely N-dealkylation sites (N-methyl/N-ethyl adjacent to an activating group) is 1. The second-order valence-corrected chi connectivity index (χ2v) is 7.49. The van der Waals surface area contributed by atoms with Gasteiger partial charge >= 0.3 is 5.97 Å². The summed E-state index contributed by atoms with van der Waals surface area (Å²) in [6.07, 6.45) is 5.46. The number of hydrogen-bond acceptors (Lipinski definition) is 4. The third-order valence-corrected chi connectivity index (χ3v) is 5.65. The molecular weight excluding hydrogens is 366 g/mol. The van der Waals surface area contributed by atoms with E-state index in [9.17, 15) is 9.59 Å². The summed E-state index contributed by atoms with van der Waals surface area (Å²) in [5, 5.41) is 0. The first kappa shape index (κ1) is 19.4. The van der Waals surface area contributed by atoms with E-state index in [0.717, 1.165) is 16.8 Å². The number of benzene rings is 2. The van der Waals surface area contributed by atoms with Crippen molar-refractivity contribution in [2.24, 2.45) is 5.92 Å². The minimum absolute atomic E-state index is 0.202. The maximum atomic E-state index is 13.4. The molecule has 29 heavy (non-hydrogen) atoms. The zero-order valence-corrected chi connectivity index (χ0v) is 16.5. The van der Waals surface area contributed by atoms with Crippen molar-refractivity contribution in [1.29, 1.82) is 0 Å². The van der Waals surface area contributed by atoms with Crippen LogP contribution in [-0.4, -0.2) is 25.5 Å². The molecular formula is C24H25NO4. The van der Waals surface area contributed by atoms with Crippen LogP contribution in [0, 0.1) is 5.92 Å². The Bertz CT molecular complexity index is 923. The van der Waals surface area contributed by atoms with Gasteiger partial charge in [-0.2, -0.15) is 0 Å². The topological polar surface area (TPSA) is 55.8 Å². The highest BCUT2D eigenvalue weighted by Crippen LogP contribution is 2.49. The monoisotopic (exact) mass is 391 g/mol. The molecule has 0 aliphatic carbocycles. The standard InChI is InChI=1S/C24H25NO4/c1-25-21-13-7-6-12-20(21)24(23(25)27)19(11-5-8-14-22(26)29-24)15-16-28-17-18-9-3-2-4-10-18/h2-7,9-13,19H,8,14-17H2,1H3/b11-5-/t19-,24+/m1/s1. The molecule has 2 aliphatic rings. The fraction of sp³-hybridized carbons (Fsp3) is 0.333. The molecule has 4 rings (SSSR count). The SMILES string of the molecule is CN1C(=O)[C@@]2(OC(=O)CC/C=C\[C@@H]2CCOCc2ccccc2)c2ccccc21. The van der Waals surface area contributed by atoms with E-state index in [1.807, 2.05) is 66.7 Å². The van der Waals surface area contributed by atoms with Crippen LogP contribution in [0.15, 0.2) is 66.7 Å². The van der Waals surface area contributed by atoms with Gasteiger partial charge in [0, 0.05) is 31.6 Å². The molecule has 0 bridgehead atoms. The number of esters is 1. The predicted octanol–water partition coefficient (Wildman–Crippen LogP) is 3.97. The lowest BCUT2D eigenvalue weighted by atomic mass is 9.79. The summed E-state index contributed by atoms with van der Waals surface area (Å²) in [6, 6.07) is 17.5. The van der Waals surface area contributed by atoms with Crippen molar-refractivity contribution in [1.82, 2.24) is 0 Å². The number of fused-ring (bicyclic) bond motifs is 2. The van der Waals surface area contributed by atoms with Crippen LogP contribution >= 0.6 is 0 Å². The van der Waals surface area contributed by atoms with Crippen LogP contribution in [-0.2, 0) is 31.3 Å². The molecule has 0 saturated carbocycles. The molecule has 0 fully saturated rings. The summed E-state index contributed by atoms with van der Waals surface area (Å²) in [7, 11) is 1.73. The van der Waals surface area contributed by atoms with Crippen molar-refractivity contribution >= 4 is 17.6 Å². The van der Waals surface area contributed by atoms with Crippen molar-refractivity contribution in [2.45, 2.75) is 31.5 Å². The number of allylic oxidation sites excluding steroid dienone is 1. The quantitative estimate of drug-likeness (QED) is 0.440. The van der Waals surface area contributed by atoms with Crippen LogP contribution in [0.1, 0.15) is 30.4 Å². The molecule has 2 aromatic rings. The average molecular weight is 391 g/mol. The molecule has 2 heterocycles. The number of carbonyl (C=O) groups excluding carboxylic acids is 2. The summed E-state index contributed by atoms with van der Waals surface area (Å²) in [5.41, 5.74) is 1.31. The van der Waals surface area contributed by atoms with Gasteiger partial charge < -0.3 is 14.4 Å². The lowest BCUT2D eigenvalue weighted by Crippen LogP contribution is -2.48. The molecule has 1 amide bonds. The first-order valence-electron chi connectivity index (χ1n) is 10.0. The fourth-order valence-electron chi connectivity index (χ4n) is 4.19. The summed E-state index contributed by atoms with van der Waals surface area (Å²) in [4.78, 5) is 27.4. The van der Waals surface area contributed by atoms with Gasteiger partial charge in [0.1, 0.15) is 0 Å². The molecule has 0 saturated heterocycles. The van der Waals surface area contributed by atoms with E-state index in [1.165, 1.54) is 0 Å². The molecule has 5 nitrogen and oxygen atoms in total.